The highest BCUT2D eigenvalue weighted by atomic mass is 79.9. The molecule has 0 atom stereocenters. The Kier molecular flexibility index (Phi) is 3.68. The van der Waals surface area contributed by atoms with Gasteiger partial charge in [0, 0.05) is 10.5 Å². The molecule has 6 heteroatoms. The van der Waals surface area contributed by atoms with Crippen molar-refractivity contribution in [3.8, 4) is 11.5 Å². The standard InChI is InChI=1S/C16H9BrO5/c17-9-4-6-10(7-5-9)21-12-2-1-3-13-15(12)11(18)8-14(22-13)16(19)20/h1-8H,(H,19,20). The van der Waals surface area contributed by atoms with Crippen LogP contribution in [0.25, 0.3) is 11.0 Å². The van der Waals surface area contributed by atoms with Crippen molar-refractivity contribution in [2.45, 2.75) is 0 Å². The van der Waals surface area contributed by atoms with Crippen LogP contribution in [0.4, 0.5) is 0 Å². The fraction of sp³-hybridized carbons (Fsp3) is 0. The van der Waals surface area contributed by atoms with Crippen LogP contribution in [0.5, 0.6) is 11.5 Å². The molecule has 2 aromatic carbocycles. The van der Waals surface area contributed by atoms with Gasteiger partial charge in [0.2, 0.25) is 5.76 Å². The molecule has 0 aliphatic heterocycles. The second-order valence-corrected chi connectivity index (χ2v) is 5.38. The van der Waals surface area contributed by atoms with Crippen LogP contribution in [0.1, 0.15) is 10.6 Å². The van der Waals surface area contributed by atoms with Gasteiger partial charge in [-0.2, -0.15) is 0 Å². The Morgan fingerprint density at radius 2 is 1.86 bits per heavy atom. The zero-order valence-electron chi connectivity index (χ0n) is 11.1. The molecule has 1 N–H and O–H groups in total. The van der Waals surface area contributed by atoms with Gasteiger partial charge in [-0.05, 0) is 36.4 Å². The minimum absolute atomic E-state index is 0.166. The number of hydrogen-bond donors (Lipinski definition) is 1. The average Bonchev–Trinajstić information content (AvgIpc) is 2.49. The molecule has 0 aliphatic carbocycles. The maximum absolute atomic E-state index is 12.2. The van der Waals surface area contributed by atoms with Crippen molar-refractivity contribution in [2.24, 2.45) is 0 Å². The third-order valence-electron chi connectivity index (χ3n) is 2.97. The molecule has 0 radical (unpaired) electrons. The predicted molar refractivity (Wildman–Crippen MR) is 83.7 cm³/mol. The summed E-state index contributed by atoms with van der Waals surface area (Å²) in [5.41, 5.74) is -0.300. The quantitative estimate of drug-likeness (QED) is 0.762. The lowest BCUT2D eigenvalue weighted by molar-refractivity contribution is 0.0663. The molecule has 110 valence electrons. The van der Waals surface area contributed by atoms with Gasteiger partial charge in [-0.3, -0.25) is 4.79 Å². The first-order chi connectivity index (χ1) is 10.5. The number of halogens is 1. The van der Waals surface area contributed by atoms with E-state index in [0.717, 1.165) is 10.5 Å². The highest BCUT2D eigenvalue weighted by Crippen LogP contribution is 2.29. The Bertz CT molecular complexity index is 912. The summed E-state index contributed by atoms with van der Waals surface area (Å²) in [7, 11) is 0. The molecule has 1 heterocycles. The predicted octanol–water partition coefficient (Wildman–Crippen LogP) is 4.05. The molecule has 5 nitrogen and oxygen atoms in total. The van der Waals surface area contributed by atoms with Crippen LogP contribution in [-0.2, 0) is 0 Å². The van der Waals surface area contributed by atoms with Gasteiger partial charge < -0.3 is 14.3 Å². The van der Waals surface area contributed by atoms with Gasteiger partial charge in [-0.1, -0.05) is 22.0 Å². The van der Waals surface area contributed by atoms with Crippen LogP contribution in [0, 0.1) is 0 Å². The first kappa shape index (κ1) is 14.3. The summed E-state index contributed by atoms with van der Waals surface area (Å²) in [6.07, 6.45) is 0. The highest BCUT2D eigenvalue weighted by molar-refractivity contribution is 9.10. The fourth-order valence-corrected chi connectivity index (χ4v) is 2.26. The second-order valence-electron chi connectivity index (χ2n) is 4.47. The Morgan fingerprint density at radius 3 is 2.55 bits per heavy atom. The van der Waals surface area contributed by atoms with E-state index in [1.54, 1.807) is 24.3 Å². The molecule has 22 heavy (non-hydrogen) atoms. The molecule has 3 aromatic rings. The molecule has 3 rings (SSSR count). The summed E-state index contributed by atoms with van der Waals surface area (Å²) in [5.74, 6) is -0.834. The molecule has 0 saturated carbocycles. The molecular formula is C16H9BrO5. The number of carbonyl (C=O) groups is 1. The molecule has 1 aromatic heterocycles. The Morgan fingerprint density at radius 1 is 1.14 bits per heavy atom. The lowest BCUT2D eigenvalue weighted by Gasteiger charge is -2.08. The van der Waals surface area contributed by atoms with E-state index < -0.39 is 17.2 Å². The van der Waals surface area contributed by atoms with Crippen molar-refractivity contribution < 1.29 is 19.1 Å². The second kappa shape index (κ2) is 5.65. The van der Waals surface area contributed by atoms with Gasteiger partial charge in [0.15, 0.2) is 5.43 Å². The van der Waals surface area contributed by atoms with E-state index in [4.69, 9.17) is 14.3 Å². The van der Waals surface area contributed by atoms with Crippen LogP contribution in [0.3, 0.4) is 0 Å². The first-order valence-electron chi connectivity index (χ1n) is 6.28. The van der Waals surface area contributed by atoms with Crippen LogP contribution in [0.15, 0.2) is 62.2 Å². The molecule has 0 spiro atoms. The van der Waals surface area contributed by atoms with Gasteiger partial charge >= 0.3 is 5.97 Å². The number of fused-ring (bicyclic) bond motifs is 1. The normalized spacial score (nSPS) is 10.6. The first-order valence-corrected chi connectivity index (χ1v) is 7.07. The summed E-state index contributed by atoms with van der Waals surface area (Å²) >= 11 is 3.33. The topological polar surface area (TPSA) is 76.7 Å². The zero-order valence-corrected chi connectivity index (χ0v) is 12.7. The van der Waals surface area contributed by atoms with Crippen molar-refractivity contribution in [1.29, 1.82) is 0 Å². The van der Waals surface area contributed by atoms with Crippen molar-refractivity contribution in [3.05, 3.63) is 69.0 Å². The van der Waals surface area contributed by atoms with Crippen LogP contribution in [-0.4, -0.2) is 11.1 Å². The number of rotatable bonds is 3. The monoisotopic (exact) mass is 360 g/mol. The fourth-order valence-electron chi connectivity index (χ4n) is 2.00. The molecule has 0 unspecified atom stereocenters. The summed E-state index contributed by atoms with van der Waals surface area (Å²) < 4.78 is 11.8. The maximum Gasteiger partial charge on any atom is 0.371 e. The van der Waals surface area contributed by atoms with Gasteiger partial charge in [-0.15, -0.1) is 0 Å². The number of carboxylic acid groups (broad SMARTS) is 1. The SMILES string of the molecule is O=C(O)c1cc(=O)c2c(Oc3ccc(Br)cc3)cccc2o1. The average molecular weight is 361 g/mol. The molecule has 0 fully saturated rings. The van der Waals surface area contributed by atoms with Crippen molar-refractivity contribution in [1.82, 2.24) is 0 Å². The number of hydrogen-bond acceptors (Lipinski definition) is 4. The largest absolute Gasteiger partial charge is 0.475 e. The number of ether oxygens (including phenoxy) is 1. The van der Waals surface area contributed by atoms with Gasteiger partial charge in [0.05, 0.1) is 0 Å². The number of aromatic carboxylic acids is 1. The van der Waals surface area contributed by atoms with E-state index in [1.165, 1.54) is 6.07 Å². The van der Waals surface area contributed by atoms with E-state index in [-0.39, 0.29) is 11.0 Å². The third kappa shape index (κ3) is 2.73. The molecule has 0 aliphatic rings. The number of carboxylic acids is 1. The summed E-state index contributed by atoms with van der Waals surface area (Å²) in [4.78, 5) is 23.1. The molecular weight excluding hydrogens is 352 g/mol. The molecule has 0 amide bonds. The summed E-state index contributed by atoms with van der Waals surface area (Å²) in [6.45, 7) is 0. The van der Waals surface area contributed by atoms with E-state index in [9.17, 15) is 9.59 Å². The lowest BCUT2D eigenvalue weighted by atomic mass is 10.2. The van der Waals surface area contributed by atoms with Crippen molar-refractivity contribution in [3.63, 3.8) is 0 Å². The molecule has 0 saturated heterocycles. The third-order valence-corrected chi connectivity index (χ3v) is 3.50. The van der Waals surface area contributed by atoms with Crippen molar-refractivity contribution in [2.75, 3.05) is 0 Å². The van der Waals surface area contributed by atoms with E-state index >= 15 is 0 Å². The lowest BCUT2D eigenvalue weighted by Crippen LogP contribution is -2.07. The van der Waals surface area contributed by atoms with Gasteiger partial charge in [-0.25, -0.2) is 4.79 Å². The van der Waals surface area contributed by atoms with E-state index in [1.807, 2.05) is 12.1 Å². The smallest absolute Gasteiger partial charge is 0.371 e. The van der Waals surface area contributed by atoms with Crippen LogP contribution >= 0.6 is 15.9 Å². The Hall–Kier alpha value is -2.60. The molecule has 0 bridgehead atoms. The summed E-state index contributed by atoms with van der Waals surface area (Å²) in [5, 5.41) is 9.13. The van der Waals surface area contributed by atoms with Crippen molar-refractivity contribution >= 4 is 32.9 Å². The van der Waals surface area contributed by atoms with Gasteiger partial charge in [0.25, 0.3) is 0 Å². The minimum Gasteiger partial charge on any atom is -0.475 e. The highest BCUT2D eigenvalue weighted by Gasteiger charge is 2.14. The number of benzene rings is 2. The van der Waals surface area contributed by atoms with E-state index in [0.29, 0.717) is 11.5 Å². The van der Waals surface area contributed by atoms with Crippen LogP contribution in [0.2, 0.25) is 0 Å². The van der Waals surface area contributed by atoms with Gasteiger partial charge in [0.1, 0.15) is 22.5 Å². The Labute approximate surface area is 132 Å². The maximum atomic E-state index is 12.2. The zero-order chi connectivity index (χ0) is 15.7. The van der Waals surface area contributed by atoms with Crippen LogP contribution < -0.4 is 10.2 Å². The Balaban J connectivity index is 2.12. The van der Waals surface area contributed by atoms with E-state index in [2.05, 4.69) is 15.9 Å². The minimum atomic E-state index is -1.29. The summed E-state index contributed by atoms with van der Waals surface area (Å²) in [6, 6.07) is 12.8.